The van der Waals surface area contributed by atoms with Gasteiger partial charge in [-0.15, -0.1) is 0 Å². The average molecular weight is 350 g/mol. The second kappa shape index (κ2) is 7.65. The minimum Gasteiger partial charge on any atom is -0.464 e. The van der Waals surface area contributed by atoms with Crippen molar-refractivity contribution < 1.29 is 19.1 Å². The van der Waals surface area contributed by atoms with Crippen molar-refractivity contribution in [1.82, 2.24) is 9.55 Å². The van der Waals surface area contributed by atoms with Gasteiger partial charge in [0.05, 0.1) is 14.2 Å². The zero-order valence-electron chi connectivity index (χ0n) is 14.5. The summed E-state index contributed by atoms with van der Waals surface area (Å²) in [6.07, 6.45) is 0. The van der Waals surface area contributed by atoms with Gasteiger partial charge in [0, 0.05) is 12.1 Å². The smallest absolute Gasteiger partial charge is 0.359 e. The number of carbonyl (C=O) groups excluding carboxylic acids is 2. The van der Waals surface area contributed by atoms with Crippen LogP contribution in [0.4, 0.5) is 0 Å². The molecule has 0 bridgehead atoms. The van der Waals surface area contributed by atoms with Crippen molar-refractivity contribution in [2.24, 2.45) is 0 Å². The van der Waals surface area contributed by atoms with Crippen LogP contribution in [0.5, 0.6) is 0 Å². The van der Waals surface area contributed by atoms with Crippen LogP contribution in [-0.4, -0.2) is 35.7 Å². The third kappa shape index (κ3) is 3.35. The lowest BCUT2D eigenvalue weighted by Gasteiger charge is -2.11. The van der Waals surface area contributed by atoms with E-state index in [4.69, 9.17) is 9.47 Å². The van der Waals surface area contributed by atoms with E-state index in [1.807, 2.05) is 60.7 Å². The standard InChI is InChI=1S/C20H18N2O4/c1-25-19(23)16-17(20(24)26-2)22(13-14-9-5-3-6-10-14)18(21-16)15-11-7-4-8-12-15/h3-12H,13H2,1-2H3. The number of benzene rings is 2. The molecule has 26 heavy (non-hydrogen) atoms. The molecule has 0 aliphatic rings. The molecule has 6 heteroatoms. The Labute approximate surface area is 151 Å². The lowest BCUT2D eigenvalue weighted by molar-refractivity contribution is 0.0544. The molecule has 0 fully saturated rings. The first kappa shape index (κ1) is 17.4. The number of nitrogens with zero attached hydrogens (tertiary/aromatic N) is 2. The highest BCUT2D eigenvalue weighted by Crippen LogP contribution is 2.25. The predicted molar refractivity (Wildman–Crippen MR) is 95.9 cm³/mol. The highest BCUT2D eigenvalue weighted by atomic mass is 16.5. The first-order valence-electron chi connectivity index (χ1n) is 8.02. The zero-order chi connectivity index (χ0) is 18.5. The summed E-state index contributed by atoms with van der Waals surface area (Å²) in [4.78, 5) is 29.0. The first-order valence-corrected chi connectivity index (χ1v) is 8.02. The number of aromatic nitrogens is 2. The molecule has 0 saturated heterocycles. The molecule has 0 unspecified atom stereocenters. The Morgan fingerprint density at radius 3 is 2.04 bits per heavy atom. The van der Waals surface area contributed by atoms with Gasteiger partial charge in [-0.1, -0.05) is 60.7 Å². The fourth-order valence-corrected chi connectivity index (χ4v) is 2.72. The van der Waals surface area contributed by atoms with Gasteiger partial charge in [0.15, 0.2) is 11.4 Å². The number of rotatable bonds is 5. The van der Waals surface area contributed by atoms with E-state index in [1.54, 1.807) is 4.57 Å². The quantitative estimate of drug-likeness (QED) is 0.661. The van der Waals surface area contributed by atoms with Crippen LogP contribution in [0.2, 0.25) is 0 Å². The summed E-state index contributed by atoms with van der Waals surface area (Å²) in [6.45, 7) is 0.361. The van der Waals surface area contributed by atoms with Gasteiger partial charge in [-0.05, 0) is 5.56 Å². The number of hydrogen-bond donors (Lipinski definition) is 0. The number of ether oxygens (including phenoxy) is 2. The van der Waals surface area contributed by atoms with Crippen LogP contribution >= 0.6 is 0 Å². The molecular weight excluding hydrogens is 332 g/mol. The SMILES string of the molecule is COC(=O)c1nc(-c2ccccc2)n(Cc2ccccc2)c1C(=O)OC. The van der Waals surface area contributed by atoms with Crippen molar-refractivity contribution in [3.05, 3.63) is 77.6 Å². The molecular formula is C20H18N2O4. The average Bonchev–Trinajstić information content (AvgIpc) is 3.07. The van der Waals surface area contributed by atoms with Gasteiger partial charge < -0.3 is 14.0 Å². The number of esters is 2. The summed E-state index contributed by atoms with van der Waals surface area (Å²) >= 11 is 0. The highest BCUT2D eigenvalue weighted by molar-refractivity contribution is 6.01. The van der Waals surface area contributed by atoms with Crippen molar-refractivity contribution in [3.63, 3.8) is 0 Å². The molecule has 0 amide bonds. The molecule has 3 rings (SSSR count). The third-order valence-electron chi connectivity index (χ3n) is 3.94. The molecule has 1 aromatic heterocycles. The maximum absolute atomic E-state index is 12.4. The lowest BCUT2D eigenvalue weighted by Crippen LogP contribution is -2.16. The fourth-order valence-electron chi connectivity index (χ4n) is 2.72. The summed E-state index contributed by atoms with van der Waals surface area (Å²) in [5, 5.41) is 0. The van der Waals surface area contributed by atoms with E-state index in [9.17, 15) is 9.59 Å². The maximum Gasteiger partial charge on any atom is 0.359 e. The van der Waals surface area contributed by atoms with Crippen LogP contribution in [0.1, 0.15) is 26.5 Å². The van der Waals surface area contributed by atoms with E-state index >= 15 is 0 Å². The monoisotopic (exact) mass is 350 g/mol. The van der Waals surface area contributed by atoms with Gasteiger partial charge in [-0.2, -0.15) is 0 Å². The predicted octanol–water partition coefficient (Wildman–Crippen LogP) is 3.17. The maximum atomic E-state index is 12.4. The van der Waals surface area contributed by atoms with Crippen LogP contribution in [0.15, 0.2) is 60.7 Å². The second-order valence-electron chi connectivity index (χ2n) is 5.55. The second-order valence-corrected chi connectivity index (χ2v) is 5.55. The number of methoxy groups -OCH3 is 2. The van der Waals surface area contributed by atoms with Crippen LogP contribution < -0.4 is 0 Å². The molecule has 6 nitrogen and oxygen atoms in total. The van der Waals surface area contributed by atoms with Crippen LogP contribution in [-0.2, 0) is 16.0 Å². The normalized spacial score (nSPS) is 10.4. The van der Waals surface area contributed by atoms with Gasteiger partial charge in [-0.3, -0.25) is 0 Å². The Kier molecular flexibility index (Phi) is 5.12. The van der Waals surface area contributed by atoms with Gasteiger partial charge in [0.25, 0.3) is 0 Å². The summed E-state index contributed by atoms with van der Waals surface area (Å²) in [6, 6.07) is 19.0. The minimum absolute atomic E-state index is 0.0610. The van der Waals surface area contributed by atoms with E-state index in [0.717, 1.165) is 11.1 Å². The van der Waals surface area contributed by atoms with Gasteiger partial charge >= 0.3 is 11.9 Å². The molecule has 1 heterocycles. The molecule has 0 spiro atoms. The molecule has 2 aromatic carbocycles. The Hall–Kier alpha value is -3.41. The molecule has 0 N–H and O–H groups in total. The largest absolute Gasteiger partial charge is 0.464 e. The number of carbonyl (C=O) groups is 2. The van der Waals surface area contributed by atoms with Gasteiger partial charge in [0.2, 0.25) is 0 Å². The summed E-state index contributed by atoms with van der Waals surface area (Å²) < 4.78 is 11.4. The van der Waals surface area contributed by atoms with E-state index in [1.165, 1.54) is 14.2 Å². The molecule has 0 radical (unpaired) electrons. The Bertz CT molecular complexity index is 918. The summed E-state index contributed by atoms with van der Waals surface area (Å²) in [7, 11) is 2.52. The van der Waals surface area contributed by atoms with E-state index in [2.05, 4.69) is 4.98 Å². The highest BCUT2D eigenvalue weighted by Gasteiger charge is 2.29. The van der Waals surface area contributed by atoms with Crippen LogP contribution in [0.25, 0.3) is 11.4 Å². The molecule has 0 aliphatic carbocycles. The number of hydrogen-bond acceptors (Lipinski definition) is 5. The minimum atomic E-state index is -0.686. The van der Waals surface area contributed by atoms with Crippen LogP contribution in [0.3, 0.4) is 0 Å². The van der Waals surface area contributed by atoms with E-state index < -0.39 is 11.9 Å². The summed E-state index contributed by atoms with van der Waals surface area (Å²) in [5.74, 6) is -0.833. The molecule has 132 valence electrons. The van der Waals surface area contributed by atoms with Crippen molar-refractivity contribution in [2.75, 3.05) is 14.2 Å². The fraction of sp³-hybridized carbons (Fsp3) is 0.150. The van der Waals surface area contributed by atoms with Crippen molar-refractivity contribution in [3.8, 4) is 11.4 Å². The van der Waals surface area contributed by atoms with Gasteiger partial charge in [0.1, 0.15) is 5.82 Å². The van der Waals surface area contributed by atoms with Crippen LogP contribution in [0, 0.1) is 0 Å². The molecule has 0 atom stereocenters. The Balaban J connectivity index is 2.24. The lowest BCUT2D eigenvalue weighted by atomic mass is 10.2. The van der Waals surface area contributed by atoms with E-state index in [0.29, 0.717) is 12.4 Å². The van der Waals surface area contributed by atoms with Crippen molar-refractivity contribution >= 4 is 11.9 Å². The van der Waals surface area contributed by atoms with Crippen molar-refractivity contribution in [1.29, 1.82) is 0 Å². The molecule has 0 saturated carbocycles. The van der Waals surface area contributed by atoms with E-state index in [-0.39, 0.29) is 11.4 Å². The third-order valence-corrected chi connectivity index (χ3v) is 3.94. The molecule has 0 aliphatic heterocycles. The van der Waals surface area contributed by atoms with Crippen molar-refractivity contribution in [2.45, 2.75) is 6.54 Å². The topological polar surface area (TPSA) is 70.4 Å². The first-order chi connectivity index (χ1) is 12.7. The summed E-state index contributed by atoms with van der Waals surface area (Å²) in [5.41, 5.74) is 1.75. The zero-order valence-corrected chi connectivity index (χ0v) is 14.5. The molecule has 3 aromatic rings. The van der Waals surface area contributed by atoms with Gasteiger partial charge in [-0.25, -0.2) is 14.6 Å². The Morgan fingerprint density at radius 2 is 1.46 bits per heavy atom. The number of imidazole rings is 1. The Morgan fingerprint density at radius 1 is 0.885 bits per heavy atom.